The molecule has 4 nitrogen and oxygen atoms in total. The van der Waals surface area contributed by atoms with Crippen molar-refractivity contribution in [3.05, 3.63) is 33.0 Å². The molecule has 0 radical (unpaired) electrons. The zero-order valence-electron chi connectivity index (χ0n) is 6.74. The van der Waals surface area contributed by atoms with Gasteiger partial charge in [0, 0.05) is 0 Å². The summed E-state index contributed by atoms with van der Waals surface area (Å²) in [6.07, 6.45) is 0. The molecule has 0 spiro atoms. The lowest BCUT2D eigenvalue weighted by Crippen LogP contribution is -1.98. The van der Waals surface area contributed by atoms with E-state index in [1.54, 1.807) is 12.1 Å². The molecule has 0 aliphatic heterocycles. The standard InChI is InChI=1S/C8H4Br2N2O2/c9-5-3-1-2-4-6(10)7(8(13)14)11-12(4)5/h1-3H,(H,13,14). The van der Waals surface area contributed by atoms with Crippen LogP contribution in [0.1, 0.15) is 10.5 Å². The van der Waals surface area contributed by atoms with Gasteiger partial charge in [0.15, 0.2) is 5.69 Å². The molecular formula is C8H4Br2N2O2. The molecule has 0 saturated carbocycles. The van der Waals surface area contributed by atoms with Crippen molar-refractivity contribution in [2.24, 2.45) is 0 Å². The van der Waals surface area contributed by atoms with Crippen molar-refractivity contribution in [3.8, 4) is 0 Å². The van der Waals surface area contributed by atoms with E-state index in [9.17, 15) is 4.79 Å². The molecule has 2 rings (SSSR count). The van der Waals surface area contributed by atoms with Gasteiger partial charge in [0.2, 0.25) is 0 Å². The minimum atomic E-state index is -1.05. The van der Waals surface area contributed by atoms with E-state index in [4.69, 9.17) is 5.11 Å². The van der Waals surface area contributed by atoms with Crippen LogP contribution >= 0.6 is 31.9 Å². The van der Waals surface area contributed by atoms with Crippen LogP contribution in [0.15, 0.2) is 27.3 Å². The largest absolute Gasteiger partial charge is 0.476 e. The number of nitrogens with zero attached hydrogens (tertiary/aromatic N) is 2. The van der Waals surface area contributed by atoms with Crippen molar-refractivity contribution in [1.29, 1.82) is 0 Å². The second kappa shape index (κ2) is 3.36. The topological polar surface area (TPSA) is 54.6 Å². The van der Waals surface area contributed by atoms with E-state index in [1.807, 2.05) is 6.07 Å². The van der Waals surface area contributed by atoms with E-state index in [1.165, 1.54) is 4.52 Å². The predicted molar refractivity (Wildman–Crippen MR) is 57.6 cm³/mol. The van der Waals surface area contributed by atoms with Crippen molar-refractivity contribution in [1.82, 2.24) is 9.61 Å². The molecule has 1 N–H and O–H groups in total. The highest BCUT2D eigenvalue weighted by Crippen LogP contribution is 2.25. The summed E-state index contributed by atoms with van der Waals surface area (Å²) in [7, 11) is 0. The molecule has 0 aliphatic rings. The van der Waals surface area contributed by atoms with Gasteiger partial charge in [-0.2, -0.15) is 5.10 Å². The van der Waals surface area contributed by atoms with Gasteiger partial charge >= 0.3 is 5.97 Å². The predicted octanol–water partition coefficient (Wildman–Crippen LogP) is 2.56. The maximum Gasteiger partial charge on any atom is 0.357 e. The van der Waals surface area contributed by atoms with Gasteiger partial charge in [0.05, 0.1) is 9.99 Å². The summed E-state index contributed by atoms with van der Waals surface area (Å²) < 4.78 is 2.72. The Morgan fingerprint density at radius 1 is 1.43 bits per heavy atom. The quantitative estimate of drug-likeness (QED) is 0.822. The fourth-order valence-electron chi connectivity index (χ4n) is 1.14. The zero-order chi connectivity index (χ0) is 10.3. The molecule has 0 atom stereocenters. The number of halogens is 2. The third kappa shape index (κ3) is 1.34. The second-order valence-electron chi connectivity index (χ2n) is 2.61. The number of pyridine rings is 1. The van der Waals surface area contributed by atoms with Gasteiger partial charge in [0.1, 0.15) is 4.60 Å². The van der Waals surface area contributed by atoms with Crippen LogP contribution in [0.25, 0.3) is 5.52 Å². The highest BCUT2D eigenvalue weighted by Gasteiger charge is 2.16. The van der Waals surface area contributed by atoms with Crippen molar-refractivity contribution >= 4 is 43.3 Å². The average Bonchev–Trinajstić information content (AvgIpc) is 2.46. The van der Waals surface area contributed by atoms with Gasteiger partial charge in [-0.3, -0.25) is 0 Å². The zero-order valence-corrected chi connectivity index (χ0v) is 9.91. The summed E-state index contributed by atoms with van der Waals surface area (Å²) in [4.78, 5) is 10.8. The number of aromatic nitrogens is 2. The number of hydrogen-bond donors (Lipinski definition) is 1. The van der Waals surface area contributed by atoms with Crippen molar-refractivity contribution < 1.29 is 9.90 Å². The molecule has 2 aromatic rings. The van der Waals surface area contributed by atoms with Gasteiger partial charge in [-0.15, -0.1) is 0 Å². The van der Waals surface area contributed by atoms with Gasteiger partial charge in [-0.1, -0.05) is 6.07 Å². The summed E-state index contributed by atoms with van der Waals surface area (Å²) in [6, 6.07) is 5.39. The van der Waals surface area contributed by atoms with Crippen LogP contribution in [-0.4, -0.2) is 20.7 Å². The molecule has 2 aromatic heterocycles. The van der Waals surface area contributed by atoms with E-state index in [0.29, 0.717) is 9.08 Å². The smallest absolute Gasteiger partial charge is 0.357 e. The average molecular weight is 320 g/mol. The number of carboxylic acid groups (broad SMARTS) is 1. The Labute approximate surface area is 95.8 Å². The summed E-state index contributed by atoms with van der Waals surface area (Å²) in [5.74, 6) is -1.05. The fourth-order valence-corrected chi connectivity index (χ4v) is 2.12. The molecule has 0 fully saturated rings. The van der Waals surface area contributed by atoms with E-state index >= 15 is 0 Å². The van der Waals surface area contributed by atoms with Crippen LogP contribution < -0.4 is 0 Å². The summed E-state index contributed by atoms with van der Waals surface area (Å²) in [5.41, 5.74) is 0.730. The third-order valence-electron chi connectivity index (χ3n) is 1.75. The molecule has 0 saturated heterocycles. The van der Waals surface area contributed by atoms with E-state index in [0.717, 1.165) is 5.52 Å². The first-order valence-electron chi connectivity index (χ1n) is 3.67. The first kappa shape index (κ1) is 9.67. The molecule has 2 heterocycles. The minimum absolute atomic E-state index is 0.0110. The summed E-state index contributed by atoms with van der Waals surface area (Å²) in [5, 5.41) is 12.8. The maximum absolute atomic E-state index is 10.8. The van der Waals surface area contributed by atoms with Crippen LogP contribution in [0, 0.1) is 0 Å². The summed E-state index contributed by atoms with van der Waals surface area (Å²) >= 11 is 6.48. The first-order chi connectivity index (χ1) is 6.61. The second-order valence-corrected chi connectivity index (χ2v) is 4.22. The van der Waals surface area contributed by atoms with Gasteiger partial charge < -0.3 is 5.11 Å². The van der Waals surface area contributed by atoms with Crippen molar-refractivity contribution in [2.45, 2.75) is 0 Å². The Balaban J connectivity index is 2.86. The Hall–Kier alpha value is -0.880. The molecule has 0 aromatic carbocycles. The molecule has 6 heteroatoms. The Kier molecular flexibility index (Phi) is 2.32. The number of carbonyl (C=O) groups is 1. The normalized spacial score (nSPS) is 10.7. The van der Waals surface area contributed by atoms with Gasteiger partial charge in [-0.05, 0) is 44.0 Å². The Bertz CT molecular complexity index is 521. The van der Waals surface area contributed by atoms with Crippen LogP contribution in [0.5, 0.6) is 0 Å². The molecule has 0 bridgehead atoms. The highest BCUT2D eigenvalue weighted by atomic mass is 79.9. The molecule has 14 heavy (non-hydrogen) atoms. The molecule has 0 amide bonds. The monoisotopic (exact) mass is 318 g/mol. The molecule has 0 aliphatic carbocycles. The highest BCUT2D eigenvalue weighted by molar-refractivity contribution is 9.11. The van der Waals surface area contributed by atoms with Crippen LogP contribution in [0.3, 0.4) is 0 Å². The number of carboxylic acids is 1. The SMILES string of the molecule is O=C(O)c1nn2c(Br)cccc2c1Br. The molecule has 0 unspecified atom stereocenters. The van der Waals surface area contributed by atoms with Crippen molar-refractivity contribution in [2.75, 3.05) is 0 Å². The van der Waals surface area contributed by atoms with Gasteiger partial charge in [0.25, 0.3) is 0 Å². The van der Waals surface area contributed by atoms with E-state index < -0.39 is 5.97 Å². The third-order valence-corrected chi connectivity index (χ3v) is 3.14. The molecule has 72 valence electrons. The van der Waals surface area contributed by atoms with Crippen LogP contribution in [0.4, 0.5) is 0 Å². The number of rotatable bonds is 1. The Morgan fingerprint density at radius 2 is 2.14 bits per heavy atom. The van der Waals surface area contributed by atoms with E-state index in [-0.39, 0.29) is 5.69 Å². The lowest BCUT2D eigenvalue weighted by Gasteiger charge is -1.94. The fraction of sp³-hybridized carbons (Fsp3) is 0. The minimum Gasteiger partial charge on any atom is -0.476 e. The van der Waals surface area contributed by atoms with Crippen molar-refractivity contribution in [3.63, 3.8) is 0 Å². The Morgan fingerprint density at radius 3 is 2.71 bits per heavy atom. The number of hydrogen-bond acceptors (Lipinski definition) is 2. The lowest BCUT2D eigenvalue weighted by atomic mass is 10.3. The maximum atomic E-state index is 10.8. The van der Waals surface area contributed by atoms with Crippen LogP contribution in [-0.2, 0) is 0 Å². The molecular weight excluding hydrogens is 316 g/mol. The number of fused-ring (bicyclic) bond motifs is 1. The van der Waals surface area contributed by atoms with E-state index in [2.05, 4.69) is 37.0 Å². The number of aromatic carboxylic acids is 1. The lowest BCUT2D eigenvalue weighted by molar-refractivity contribution is 0.0689. The van der Waals surface area contributed by atoms with Crippen LogP contribution in [0.2, 0.25) is 0 Å². The van der Waals surface area contributed by atoms with Gasteiger partial charge in [-0.25, -0.2) is 9.31 Å². The summed E-state index contributed by atoms with van der Waals surface area (Å²) in [6.45, 7) is 0. The first-order valence-corrected chi connectivity index (χ1v) is 5.26.